The highest BCUT2D eigenvalue weighted by Gasteiger charge is 2.32. The number of halogens is 1. The molecule has 0 saturated carbocycles. The number of hydrogen-bond acceptors (Lipinski definition) is 3. The van der Waals surface area contributed by atoms with Gasteiger partial charge in [0.15, 0.2) is 0 Å². The van der Waals surface area contributed by atoms with Crippen LogP contribution in [0, 0.1) is 0 Å². The highest BCUT2D eigenvalue weighted by atomic mass is 32.1. The first kappa shape index (κ1) is 9.09. The van der Waals surface area contributed by atoms with Crippen molar-refractivity contribution >= 4 is 11.3 Å². The van der Waals surface area contributed by atoms with E-state index in [9.17, 15) is 4.39 Å². The van der Waals surface area contributed by atoms with Crippen LogP contribution in [0.4, 0.5) is 4.39 Å². The molecule has 1 aliphatic rings. The lowest BCUT2D eigenvalue weighted by Gasteiger charge is -2.29. The lowest BCUT2D eigenvalue weighted by molar-refractivity contribution is 0.122. The van der Waals surface area contributed by atoms with Gasteiger partial charge in [-0.25, -0.2) is 9.37 Å². The summed E-state index contributed by atoms with van der Waals surface area (Å²) in [6.07, 6.45) is 3.80. The van der Waals surface area contributed by atoms with Gasteiger partial charge in [0.05, 0.1) is 5.01 Å². The fraction of sp³-hybridized carbons (Fsp3) is 0.667. The maximum Gasteiger partial charge on any atom is 0.129 e. The minimum Gasteiger partial charge on any atom is -0.314 e. The van der Waals surface area contributed by atoms with E-state index in [1.807, 2.05) is 5.38 Å². The molecule has 1 saturated heterocycles. The number of alkyl halides is 1. The molecule has 0 aliphatic carbocycles. The highest BCUT2D eigenvalue weighted by Crippen LogP contribution is 2.26. The number of rotatable bonds is 2. The largest absolute Gasteiger partial charge is 0.314 e. The van der Waals surface area contributed by atoms with E-state index in [4.69, 9.17) is 0 Å². The van der Waals surface area contributed by atoms with Crippen molar-refractivity contribution in [2.45, 2.75) is 24.9 Å². The summed E-state index contributed by atoms with van der Waals surface area (Å²) in [6.45, 7) is 1.43. The van der Waals surface area contributed by atoms with E-state index in [0.717, 1.165) is 18.0 Å². The zero-order chi connectivity index (χ0) is 9.15. The molecule has 2 rings (SSSR count). The zero-order valence-corrected chi connectivity index (χ0v) is 8.24. The van der Waals surface area contributed by atoms with E-state index < -0.39 is 5.67 Å². The summed E-state index contributed by atoms with van der Waals surface area (Å²) in [6, 6.07) is 0. The predicted molar refractivity (Wildman–Crippen MR) is 51.8 cm³/mol. The molecule has 0 aromatic carbocycles. The third-order valence-corrected chi connectivity index (χ3v) is 3.15. The van der Waals surface area contributed by atoms with Crippen molar-refractivity contribution in [2.24, 2.45) is 0 Å². The Labute approximate surface area is 81.2 Å². The second kappa shape index (κ2) is 3.72. The number of hydrogen-bond donors (Lipinski definition) is 1. The van der Waals surface area contributed by atoms with Crippen molar-refractivity contribution in [3.05, 3.63) is 16.6 Å². The molecule has 0 spiro atoms. The van der Waals surface area contributed by atoms with Gasteiger partial charge < -0.3 is 5.32 Å². The molecule has 1 N–H and O–H groups in total. The Morgan fingerprint density at radius 3 is 3.23 bits per heavy atom. The number of aromatic nitrogens is 1. The van der Waals surface area contributed by atoms with Crippen LogP contribution in [0.1, 0.15) is 17.8 Å². The van der Waals surface area contributed by atoms with E-state index in [1.54, 1.807) is 6.20 Å². The molecule has 1 aromatic heterocycles. The van der Waals surface area contributed by atoms with Crippen LogP contribution < -0.4 is 5.32 Å². The third-order valence-electron chi connectivity index (χ3n) is 2.37. The van der Waals surface area contributed by atoms with Gasteiger partial charge in [0.1, 0.15) is 5.67 Å². The van der Waals surface area contributed by atoms with Crippen LogP contribution in [0.25, 0.3) is 0 Å². The molecular formula is C9H13FN2S. The van der Waals surface area contributed by atoms with Crippen LogP contribution in [0.15, 0.2) is 11.6 Å². The first-order valence-corrected chi connectivity index (χ1v) is 5.44. The molecule has 2 heterocycles. The lowest BCUT2D eigenvalue weighted by Crippen LogP contribution is -2.43. The molecule has 72 valence electrons. The van der Waals surface area contributed by atoms with Gasteiger partial charge >= 0.3 is 0 Å². The van der Waals surface area contributed by atoms with Crippen LogP contribution in [0.5, 0.6) is 0 Å². The fourth-order valence-corrected chi connectivity index (χ4v) is 2.44. The number of piperidine rings is 1. The summed E-state index contributed by atoms with van der Waals surface area (Å²) in [4.78, 5) is 4.11. The first-order valence-electron chi connectivity index (χ1n) is 4.57. The molecule has 1 fully saturated rings. The Hall–Kier alpha value is -0.480. The van der Waals surface area contributed by atoms with Crippen LogP contribution in [0.3, 0.4) is 0 Å². The Kier molecular flexibility index (Phi) is 2.60. The molecule has 0 bridgehead atoms. The number of nitrogens with one attached hydrogen (secondary N) is 1. The second-order valence-electron chi connectivity index (χ2n) is 3.53. The Bertz CT molecular complexity index is 255. The van der Waals surface area contributed by atoms with Crippen LogP contribution in [-0.4, -0.2) is 23.7 Å². The average molecular weight is 200 g/mol. The summed E-state index contributed by atoms with van der Waals surface area (Å²) < 4.78 is 14.0. The minimum absolute atomic E-state index is 0.470. The van der Waals surface area contributed by atoms with Gasteiger partial charge in [-0.1, -0.05) is 0 Å². The SMILES string of the molecule is FC1(Cc2nccs2)CCCNC1. The van der Waals surface area contributed by atoms with Gasteiger partial charge in [0.25, 0.3) is 0 Å². The van der Waals surface area contributed by atoms with Gasteiger partial charge in [-0.15, -0.1) is 11.3 Å². The summed E-state index contributed by atoms with van der Waals surface area (Å²) in [5.41, 5.74) is -1.06. The molecule has 2 nitrogen and oxygen atoms in total. The Morgan fingerprint density at radius 1 is 1.69 bits per heavy atom. The summed E-state index contributed by atoms with van der Waals surface area (Å²) >= 11 is 1.54. The van der Waals surface area contributed by atoms with Crippen LogP contribution in [0.2, 0.25) is 0 Å². The third kappa shape index (κ3) is 2.25. The van der Waals surface area contributed by atoms with Gasteiger partial charge in [0.2, 0.25) is 0 Å². The highest BCUT2D eigenvalue weighted by molar-refractivity contribution is 7.09. The minimum atomic E-state index is -1.06. The molecule has 1 aromatic rings. The molecule has 1 aliphatic heterocycles. The van der Waals surface area contributed by atoms with Crippen molar-refractivity contribution in [1.29, 1.82) is 0 Å². The second-order valence-corrected chi connectivity index (χ2v) is 4.51. The van der Waals surface area contributed by atoms with Gasteiger partial charge in [-0.3, -0.25) is 0 Å². The van der Waals surface area contributed by atoms with Crippen LogP contribution >= 0.6 is 11.3 Å². The van der Waals surface area contributed by atoms with Crippen molar-refractivity contribution < 1.29 is 4.39 Å². The Morgan fingerprint density at radius 2 is 2.62 bits per heavy atom. The maximum atomic E-state index is 14.0. The van der Waals surface area contributed by atoms with Crippen LogP contribution in [-0.2, 0) is 6.42 Å². The van der Waals surface area contributed by atoms with E-state index in [-0.39, 0.29) is 0 Å². The molecule has 1 atom stereocenters. The molecule has 13 heavy (non-hydrogen) atoms. The van der Waals surface area contributed by atoms with E-state index >= 15 is 0 Å². The monoisotopic (exact) mass is 200 g/mol. The summed E-state index contributed by atoms with van der Waals surface area (Å²) in [7, 11) is 0. The quantitative estimate of drug-likeness (QED) is 0.787. The molecule has 1 unspecified atom stereocenters. The molecule has 0 radical (unpaired) electrons. The number of nitrogens with zero attached hydrogens (tertiary/aromatic N) is 1. The number of thiazole rings is 1. The standard InChI is InChI=1S/C9H13FN2S/c10-9(2-1-3-11-7-9)6-8-12-4-5-13-8/h4-5,11H,1-3,6-7H2. The first-order chi connectivity index (χ1) is 6.29. The molecule has 4 heteroatoms. The van der Waals surface area contributed by atoms with E-state index in [1.165, 1.54) is 11.3 Å². The summed E-state index contributed by atoms with van der Waals surface area (Å²) in [5.74, 6) is 0. The zero-order valence-electron chi connectivity index (χ0n) is 7.42. The predicted octanol–water partition coefficient (Wildman–Crippen LogP) is 1.78. The van der Waals surface area contributed by atoms with Crippen molar-refractivity contribution in [3.63, 3.8) is 0 Å². The maximum absolute atomic E-state index is 14.0. The van der Waals surface area contributed by atoms with Crippen molar-refractivity contribution in [3.8, 4) is 0 Å². The Balaban J connectivity index is 1.99. The van der Waals surface area contributed by atoms with E-state index in [2.05, 4.69) is 10.3 Å². The lowest BCUT2D eigenvalue weighted by atomic mass is 9.93. The van der Waals surface area contributed by atoms with Gasteiger partial charge in [-0.05, 0) is 19.4 Å². The topological polar surface area (TPSA) is 24.9 Å². The summed E-state index contributed by atoms with van der Waals surface area (Å²) in [5, 5.41) is 5.90. The van der Waals surface area contributed by atoms with Gasteiger partial charge in [0, 0.05) is 24.5 Å². The van der Waals surface area contributed by atoms with E-state index in [0.29, 0.717) is 19.4 Å². The molecule has 0 amide bonds. The fourth-order valence-electron chi connectivity index (χ4n) is 1.69. The van der Waals surface area contributed by atoms with Gasteiger partial charge in [-0.2, -0.15) is 0 Å². The normalized spacial score (nSPS) is 29.0. The van der Waals surface area contributed by atoms with Crippen molar-refractivity contribution in [1.82, 2.24) is 10.3 Å². The average Bonchev–Trinajstić information content (AvgIpc) is 2.57. The smallest absolute Gasteiger partial charge is 0.129 e. The van der Waals surface area contributed by atoms with Crippen molar-refractivity contribution in [2.75, 3.05) is 13.1 Å². The molecular weight excluding hydrogens is 187 g/mol.